The highest BCUT2D eigenvalue weighted by Gasteiger charge is 2.34. The monoisotopic (exact) mass is 170 g/mol. The van der Waals surface area contributed by atoms with Crippen molar-refractivity contribution in [2.75, 3.05) is 13.1 Å². The Bertz CT molecular complexity index is 179. The molecular formula is C9H18N2O. The van der Waals surface area contributed by atoms with Crippen molar-refractivity contribution < 1.29 is 4.79 Å². The van der Waals surface area contributed by atoms with Crippen LogP contribution in [0.1, 0.15) is 27.7 Å². The molecule has 1 aliphatic heterocycles. The molecule has 1 atom stereocenters. The molecule has 0 spiro atoms. The number of amides is 2. The summed E-state index contributed by atoms with van der Waals surface area (Å²) in [5, 5.41) is 0. The van der Waals surface area contributed by atoms with Crippen LogP contribution in [0.3, 0.4) is 0 Å². The molecule has 0 saturated carbocycles. The third kappa shape index (κ3) is 1.40. The average molecular weight is 170 g/mol. The molecule has 0 bridgehead atoms. The zero-order valence-corrected chi connectivity index (χ0v) is 8.37. The van der Waals surface area contributed by atoms with Gasteiger partial charge in [-0.2, -0.15) is 0 Å². The summed E-state index contributed by atoms with van der Waals surface area (Å²) in [6, 6.07) is 0.890. The number of carbonyl (C=O) groups excluding carboxylic acids is 1. The van der Waals surface area contributed by atoms with Gasteiger partial charge in [-0.1, -0.05) is 0 Å². The number of carbonyl (C=O) groups is 1. The van der Waals surface area contributed by atoms with E-state index in [1.54, 1.807) is 0 Å². The Kier molecular flexibility index (Phi) is 2.60. The fraction of sp³-hybridized carbons (Fsp3) is 0.889. The summed E-state index contributed by atoms with van der Waals surface area (Å²) in [5.41, 5.74) is 0. The zero-order chi connectivity index (χ0) is 9.30. The van der Waals surface area contributed by atoms with Gasteiger partial charge in [0.2, 0.25) is 0 Å². The van der Waals surface area contributed by atoms with Crippen molar-refractivity contribution in [1.29, 1.82) is 0 Å². The van der Waals surface area contributed by atoms with Gasteiger partial charge in [-0.15, -0.1) is 0 Å². The number of urea groups is 1. The SMILES string of the molecule is CCN1C[C@@H](C)N(C(C)C)C1=O. The van der Waals surface area contributed by atoms with Gasteiger partial charge in [0, 0.05) is 25.2 Å². The molecule has 0 aromatic rings. The number of hydrogen-bond acceptors (Lipinski definition) is 1. The predicted molar refractivity (Wildman–Crippen MR) is 49.1 cm³/mol. The van der Waals surface area contributed by atoms with Crippen LogP contribution in [0.5, 0.6) is 0 Å². The third-order valence-electron chi connectivity index (χ3n) is 2.39. The Hall–Kier alpha value is -0.730. The molecule has 1 fully saturated rings. The Balaban J connectivity index is 2.70. The molecule has 0 unspecified atom stereocenters. The number of nitrogens with zero attached hydrogens (tertiary/aromatic N) is 2. The van der Waals surface area contributed by atoms with Gasteiger partial charge in [0.15, 0.2) is 0 Å². The van der Waals surface area contributed by atoms with Crippen molar-refractivity contribution in [1.82, 2.24) is 9.80 Å². The first-order valence-electron chi connectivity index (χ1n) is 4.65. The van der Waals surface area contributed by atoms with Crippen LogP contribution in [0.15, 0.2) is 0 Å². The van der Waals surface area contributed by atoms with Crippen molar-refractivity contribution in [3.05, 3.63) is 0 Å². The topological polar surface area (TPSA) is 23.6 Å². The van der Waals surface area contributed by atoms with Gasteiger partial charge >= 0.3 is 6.03 Å². The fourth-order valence-electron chi connectivity index (χ4n) is 1.83. The summed E-state index contributed by atoms with van der Waals surface area (Å²) < 4.78 is 0. The molecule has 12 heavy (non-hydrogen) atoms. The van der Waals surface area contributed by atoms with Gasteiger partial charge < -0.3 is 9.80 Å². The van der Waals surface area contributed by atoms with Crippen molar-refractivity contribution in [2.45, 2.75) is 39.8 Å². The van der Waals surface area contributed by atoms with Gasteiger partial charge in [0.05, 0.1) is 0 Å². The average Bonchev–Trinajstić information content (AvgIpc) is 2.25. The third-order valence-corrected chi connectivity index (χ3v) is 2.39. The number of rotatable bonds is 2. The smallest absolute Gasteiger partial charge is 0.320 e. The van der Waals surface area contributed by atoms with Gasteiger partial charge in [0.25, 0.3) is 0 Å². The van der Waals surface area contributed by atoms with Crippen molar-refractivity contribution in [3.63, 3.8) is 0 Å². The van der Waals surface area contributed by atoms with Crippen LogP contribution in [0.4, 0.5) is 4.79 Å². The van der Waals surface area contributed by atoms with E-state index in [0.717, 1.165) is 13.1 Å². The number of likely N-dealkylation sites (N-methyl/N-ethyl adjacent to an activating group) is 1. The Morgan fingerprint density at radius 2 is 2.17 bits per heavy atom. The van der Waals surface area contributed by atoms with Crippen LogP contribution in [-0.4, -0.2) is 41.0 Å². The molecule has 2 amide bonds. The van der Waals surface area contributed by atoms with E-state index in [9.17, 15) is 4.79 Å². The minimum absolute atomic E-state index is 0.194. The molecule has 0 aromatic heterocycles. The minimum Gasteiger partial charge on any atom is -0.323 e. The van der Waals surface area contributed by atoms with Crippen molar-refractivity contribution >= 4 is 6.03 Å². The van der Waals surface area contributed by atoms with Crippen LogP contribution >= 0.6 is 0 Å². The lowest BCUT2D eigenvalue weighted by molar-refractivity contribution is 0.176. The maximum absolute atomic E-state index is 11.6. The molecular weight excluding hydrogens is 152 g/mol. The molecule has 1 saturated heterocycles. The van der Waals surface area contributed by atoms with E-state index in [1.165, 1.54) is 0 Å². The van der Waals surface area contributed by atoms with E-state index in [2.05, 4.69) is 20.8 Å². The number of hydrogen-bond donors (Lipinski definition) is 0. The summed E-state index contributed by atoms with van der Waals surface area (Å²) in [5.74, 6) is 0. The second kappa shape index (κ2) is 3.33. The molecule has 3 nitrogen and oxygen atoms in total. The van der Waals surface area contributed by atoms with Crippen molar-refractivity contribution in [2.24, 2.45) is 0 Å². The maximum Gasteiger partial charge on any atom is 0.320 e. The Morgan fingerprint density at radius 3 is 2.42 bits per heavy atom. The highest BCUT2D eigenvalue weighted by Crippen LogP contribution is 2.17. The summed E-state index contributed by atoms with van der Waals surface area (Å²) in [4.78, 5) is 15.5. The van der Waals surface area contributed by atoms with Crippen LogP contribution in [-0.2, 0) is 0 Å². The standard InChI is InChI=1S/C9H18N2O/c1-5-10-6-8(4)11(7(2)3)9(10)12/h7-8H,5-6H2,1-4H3/t8-/m1/s1. The first kappa shape index (κ1) is 9.36. The van der Waals surface area contributed by atoms with E-state index in [-0.39, 0.29) is 6.03 Å². The largest absolute Gasteiger partial charge is 0.323 e. The van der Waals surface area contributed by atoms with E-state index >= 15 is 0 Å². The quantitative estimate of drug-likeness (QED) is 0.616. The minimum atomic E-state index is 0.194. The highest BCUT2D eigenvalue weighted by molar-refractivity contribution is 5.77. The van der Waals surface area contributed by atoms with Crippen molar-refractivity contribution in [3.8, 4) is 0 Å². The molecule has 1 rings (SSSR count). The van der Waals surface area contributed by atoms with Crippen LogP contribution < -0.4 is 0 Å². The lowest BCUT2D eigenvalue weighted by Gasteiger charge is -2.24. The van der Waals surface area contributed by atoms with E-state index in [1.807, 2.05) is 16.7 Å². The fourth-order valence-corrected chi connectivity index (χ4v) is 1.83. The van der Waals surface area contributed by atoms with E-state index in [0.29, 0.717) is 12.1 Å². The van der Waals surface area contributed by atoms with Crippen LogP contribution in [0.25, 0.3) is 0 Å². The summed E-state index contributed by atoms with van der Waals surface area (Å²) >= 11 is 0. The molecule has 1 aliphatic rings. The first-order chi connectivity index (χ1) is 5.57. The van der Waals surface area contributed by atoms with Gasteiger partial charge in [-0.25, -0.2) is 4.79 Å². The van der Waals surface area contributed by atoms with Gasteiger partial charge in [-0.3, -0.25) is 0 Å². The van der Waals surface area contributed by atoms with Crippen LogP contribution in [0, 0.1) is 0 Å². The Labute approximate surface area is 74.3 Å². The summed E-state index contributed by atoms with van der Waals surface area (Å²) in [6.07, 6.45) is 0. The zero-order valence-electron chi connectivity index (χ0n) is 8.37. The molecule has 0 aliphatic carbocycles. The summed E-state index contributed by atoms with van der Waals surface area (Å²) in [7, 11) is 0. The van der Waals surface area contributed by atoms with E-state index in [4.69, 9.17) is 0 Å². The molecule has 0 N–H and O–H groups in total. The normalized spacial score (nSPS) is 24.4. The van der Waals surface area contributed by atoms with Gasteiger partial charge in [-0.05, 0) is 27.7 Å². The molecule has 0 radical (unpaired) electrons. The molecule has 1 heterocycles. The van der Waals surface area contributed by atoms with E-state index < -0.39 is 0 Å². The lowest BCUT2D eigenvalue weighted by atomic mass is 10.2. The lowest BCUT2D eigenvalue weighted by Crippen LogP contribution is -2.39. The Morgan fingerprint density at radius 1 is 1.58 bits per heavy atom. The highest BCUT2D eigenvalue weighted by atomic mass is 16.2. The summed E-state index contributed by atoms with van der Waals surface area (Å²) in [6.45, 7) is 9.96. The predicted octanol–water partition coefficient (Wildman–Crippen LogP) is 1.54. The second-order valence-corrected chi connectivity index (χ2v) is 3.67. The maximum atomic E-state index is 11.6. The first-order valence-corrected chi connectivity index (χ1v) is 4.65. The van der Waals surface area contributed by atoms with Crippen LogP contribution in [0.2, 0.25) is 0 Å². The molecule has 3 heteroatoms. The molecule has 70 valence electrons. The molecule has 0 aromatic carbocycles. The van der Waals surface area contributed by atoms with Gasteiger partial charge in [0.1, 0.15) is 0 Å². The second-order valence-electron chi connectivity index (χ2n) is 3.67.